The molecule has 0 amide bonds. The molecule has 1 saturated carbocycles. The van der Waals surface area contributed by atoms with E-state index in [1.54, 1.807) is 0 Å². The highest BCUT2D eigenvalue weighted by atomic mass is 35.5. The Morgan fingerprint density at radius 2 is 1.77 bits per heavy atom. The second-order valence-corrected chi connectivity index (χ2v) is 8.22. The van der Waals surface area contributed by atoms with Gasteiger partial charge in [-0.3, -0.25) is 0 Å². The monoisotopic (exact) mass is 368 g/mol. The van der Waals surface area contributed by atoms with E-state index in [1.165, 1.54) is 55.2 Å². The largest absolute Gasteiger partial charge is 0.309 e. The molecule has 0 aliphatic heterocycles. The highest BCUT2D eigenvalue weighted by Gasteiger charge is 2.43. The first kappa shape index (κ1) is 18.0. The fraction of sp³-hybridized carbons (Fsp3) is 0.478. The molecule has 0 radical (unpaired) electrons. The number of fused-ring (bicyclic) bond motifs is 1. The lowest BCUT2D eigenvalue weighted by atomic mass is 9.72. The van der Waals surface area contributed by atoms with Gasteiger partial charge in [-0.25, -0.2) is 0 Å². The average molecular weight is 369 g/mol. The smallest absolute Gasteiger partial charge is 0.0602 e. The van der Waals surface area contributed by atoms with Crippen LogP contribution in [0, 0.1) is 0 Å². The van der Waals surface area contributed by atoms with E-state index < -0.39 is 0 Å². The van der Waals surface area contributed by atoms with Crippen molar-refractivity contribution in [2.45, 2.75) is 62.6 Å². The van der Waals surface area contributed by atoms with Crippen LogP contribution in [0.1, 0.15) is 61.3 Å². The zero-order valence-corrected chi connectivity index (χ0v) is 16.4. The Morgan fingerprint density at radius 3 is 2.62 bits per heavy atom. The molecule has 138 valence electrons. The van der Waals surface area contributed by atoms with E-state index in [2.05, 4.69) is 54.1 Å². The predicted molar refractivity (Wildman–Crippen MR) is 110 cm³/mol. The van der Waals surface area contributed by atoms with Gasteiger partial charge in [-0.2, -0.15) is 0 Å². The van der Waals surface area contributed by atoms with E-state index in [9.17, 15) is 0 Å². The van der Waals surface area contributed by atoms with Gasteiger partial charge in [-0.05, 0) is 61.9 Å². The topological polar surface area (TPSA) is 24.1 Å². The summed E-state index contributed by atoms with van der Waals surface area (Å²) < 4.78 is 0. The molecule has 3 heteroatoms. The van der Waals surface area contributed by atoms with Crippen LogP contribution in [0.2, 0.25) is 5.02 Å². The van der Waals surface area contributed by atoms with Gasteiger partial charge in [-0.15, -0.1) is 0 Å². The summed E-state index contributed by atoms with van der Waals surface area (Å²) in [6.45, 7) is 0. The number of halogens is 1. The van der Waals surface area contributed by atoms with Crippen molar-refractivity contribution in [1.82, 2.24) is 10.6 Å². The van der Waals surface area contributed by atoms with Crippen molar-refractivity contribution < 1.29 is 0 Å². The number of aryl methyl sites for hydroxylation is 1. The Labute approximate surface area is 162 Å². The van der Waals surface area contributed by atoms with E-state index in [0.29, 0.717) is 12.1 Å². The minimum Gasteiger partial charge on any atom is -0.309 e. The van der Waals surface area contributed by atoms with Gasteiger partial charge < -0.3 is 10.6 Å². The summed E-state index contributed by atoms with van der Waals surface area (Å²) in [4.78, 5) is 0. The van der Waals surface area contributed by atoms with Crippen molar-refractivity contribution in [2.75, 3.05) is 7.05 Å². The van der Waals surface area contributed by atoms with E-state index >= 15 is 0 Å². The van der Waals surface area contributed by atoms with Crippen LogP contribution in [-0.2, 0) is 12.0 Å². The summed E-state index contributed by atoms with van der Waals surface area (Å²) in [6, 6.07) is 18.2. The quantitative estimate of drug-likeness (QED) is 0.758. The van der Waals surface area contributed by atoms with E-state index in [1.807, 2.05) is 12.1 Å². The molecule has 1 fully saturated rings. The molecule has 2 aromatic carbocycles. The maximum Gasteiger partial charge on any atom is 0.0602 e. The summed E-state index contributed by atoms with van der Waals surface area (Å²) in [6.07, 6.45) is 8.52. The maximum absolute atomic E-state index is 6.65. The second-order valence-electron chi connectivity index (χ2n) is 7.81. The van der Waals surface area contributed by atoms with Crippen molar-refractivity contribution >= 4 is 11.6 Å². The standard InChI is InChI=1S/C23H29ClN2/c1-25-23(19-12-4-5-13-20(19)24)16-7-6-15-22(23)26-21-14-8-10-17-9-2-3-11-18(17)21/h2-5,9,11-13,21-22,25-26H,6-8,10,14-16H2,1H3/t21-,22+,23-/m1/s1. The molecule has 0 spiro atoms. The molecule has 0 bridgehead atoms. The molecule has 0 saturated heterocycles. The number of rotatable bonds is 4. The SMILES string of the molecule is CN[C@@]1(c2ccccc2Cl)CCCC[C@@H]1N[C@@H]1CCCc2ccccc21. The number of likely N-dealkylation sites (N-methyl/N-ethyl adjacent to an activating group) is 1. The molecule has 2 N–H and O–H groups in total. The third kappa shape index (κ3) is 3.19. The van der Waals surface area contributed by atoms with Crippen LogP contribution in [0.5, 0.6) is 0 Å². The van der Waals surface area contributed by atoms with E-state index in [-0.39, 0.29) is 5.54 Å². The normalized spacial score (nSPS) is 28.5. The minimum atomic E-state index is -0.0943. The van der Waals surface area contributed by atoms with Crippen molar-refractivity contribution in [3.8, 4) is 0 Å². The van der Waals surface area contributed by atoms with Crippen LogP contribution >= 0.6 is 11.6 Å². The third-order valence-electron chi connectivity index (χ3n) is 6.48. The lowest BCUT2D eigenvalue weighted by Crippen LogP contribution is -2.58. The van der Waals surface area contributed by atoms with Gasteiger partial charge in [0.2, 0.25) is 0 Å². The van der Waals surface area contributed by atoms with Gasteiger partial charge >= 0.3 is 0 Å². The van der Waals surface area contributed by atoms with Crippen molar-refractivity contribution in [2.24, 2.45) is 0 Å². The van der Waals surface area contributed by atoms with Crippen LogP contribution in [0.25, 0.3) is 0 Å². The van der Waals surface area contributed by atoms with Crippen LogP contribution in [0.3, 0.4) is 0 Å². The Hall–Kier alpha value is -1.35. The first-order valence-electron chi connectivity index (χ1n) is 10.0. The van der Waals surface area contributed by atoms with Crippen LogP contribution in [0.15, 0.2) is 48.5 Å². The lowest BCUT2D eigenvalue weighted by Gasteiger charge is -2.47. The number of hydrogen-bond donors (Lipinski definition) is 2. The molecule has 3 atom stereocenters. The first-order chi connectivity index (χ1) is 12.7. The zero-order chi connectivity index (χ0) is 18.0. The zero-order valence-electron chi connectivity index (χ0n) is 15.6. The molecule has 26 heavy (non-hydrogen) atoms. The molecule has 0 unspecified atom stereocenters. The minimum absolute atomic E-state index is 0.0943. The van der Waals surface area contributed by atoms with Crippen LogP contribution < -0.4 is 10.6 Å². The Kier molecular flexibility index (Phi) is 5.35. The van der Waals surface area contributed by atoms with Crippen molar-refractivity contribution in [3.05, 3.63) is 70.2 Å². The molecule has 0 aromatic heterocycles. The van der Waals surface area contributed by atoms with Crippen molar-refractivity contribution in [1.29, 1.82) is 0 Å². The fourth-order valence-corrected chi connectivity index (χ4v) is 5.45. The van der Waals surface area contributed by atoms with E-state index in [0.717, 1.165) is 11.4 Å². The molecule has 2 nitrogen and oxygen atoms in total. The summed E-state index contributed by atoms with van der Waals surface area (Å²) in [5, 5.41) is 8.63. The van der Waals surface area contributed by atoms with Gasteiger partial charge in [-0.1, -0.05) is 66.9 Å². The Bertz CT molecular complexity index is 759. The molecular weight excluding hydrogens is 340 g/mol. The Balaban J connectivity index is 1.67. The molecule has 2 aromatic rings. The van der Waals surface area contributed by atoms with Gasteiger partial charge in [0.15, 0.2) is 0 Å². The number of benzene rings is 2. The second kappa shape index (κ2) is 7.72. The van der Waals surface area contributed by atoms with Gasteiger partial charge in [0, 0.05) is 17.1 Å². The number of nitrogens with one attached hydrogen (secondary N) is 2. The number of hydrogen-bond acceptors (Lipinski definition) is 2. The molecule has 2 aliphatic carbocycles. The van der Waals surface area contributed by atoms with E-state index in [4.69, 9.17) is 11.6 Å². The summed E-state index contributed by atoms with van der Waals surface area (Å²) in [7, 11) is 2.10. The maximum atomic E-state index is 6.65. The van der Waals surface area contributed by atoms with Crippen molar-refractivity contribution in [3.63, 3.8) is 0 Å². The average Bonchev–Trinajstić information content (AvgIpc) is 2.69. The van der Waals surface area contributed by atoms with Crippen LogP contribution in [0.4, 0.5) is 0 Å². The highest BCUT2D eigenvalue weighted by Crippen LogP contribution is 2.42. The van der Waals surface area contributed by atoms with Gasteiger partial charge in [0.05, 0.1) is 5.54 Å². The highest BCUT2D eigenvalue weighted by molar-refractivity contribution is 6.31. The molecular formula is C23H29ClN2. The summed E-state index contributed by atoms with van der Waals surface area (Å²) in [5.74, 6) is 0. The Morgan fingerprint density at radius 1 is 0.962 bits per heavy atom. The van der Waals surface area contributed by atoms with Gasteiger partial charge in [0.25, 0.3) is 0 Å². The lowest BCUT2D eigenvalue weighted by molar-refractivity contribution is 0.161. The molecule has 0 heterocycles. The summed E-state index contributed by atoms with van der Waals surface area (Å²) in [5.41, 5.74) is 4.15. The molecule has 2 aliphatic rings. The molecule has 4 rings (SSSR count). The fourth-order valence-electron chi connectivity index (χ4n) is 5.15. The predicted octanol–water partition coefficient (Wildman–Crippen LogP) is 5.36. The van der Waals surface area contributed by atoms with Gasteiger partial charge in [0.1, 0.15) is 0 Å². The first-order valence-corrected chi connectivity index (χ1v) is 10.4. The van der Waals surface area contributed by atoms with Crippen LogP contribution in [-0.4, -0.2) is 13.1 Å². The third-order valence-corrected chi connectivity index (χ3v) is 6.81. The summed E-state index contributed by atoms with van der Waals surface area (Å²) >= 11 is 6.65.